The number of hydrogen-bond acceptors (Lipinski definition) is 8. The molecular weight excluding hydrogens is 695 g/mol. The average molecular weight is 780 g/mol. The molecule has 0 bridgehead atoms. The zero-order valence-electron chi connectivity index (χ0n) is 35.2. The summed E-state index contributed by atoms with van der Waals surface area (Å²) in [5.74, 6) is -0.192. The van der Waals surface area contributed by atoms with E-state index in [1.54, 1.807) is 6.08 Å². The Kier molecular flexibility index (Phi) is 34.3. The van der Waals surface area contributed by atoms with E-state index in [9.17, 15) is 30.3 Å². The Labute approximate surface area is 336 Å². The Morgan fingerprint density at radius 3 is 1.60 bits per heavy atom. The quantitative estimate of drug-likeness (QED) is 0.0270. The van der Waals surface area contributed by atoms with Crippen LogP contribution >= 0.6 is 0 Å². The molecule has 322 valence electrons. The first-order chi connectivity index (χ1) is 26.8. The molecule has 0 spiro atoms. The average Bonchev–Trinajstić information content (AvgIpc) is 3.18. The van der Waals surface area contributed by atoms with E-state index < -0.39 is 49.5 Å². The van der Waals surface area contributed by atoms with Crippen molar-refractivity contribution in [3.8, 4) is 0 Å². The lowest BCUT2D eigenvalue weighted by Crippen LogP contribution is -2.60. The van der Waals surface area contributed by atoms with Crippen molar-refractivity contribution in [1.29, 1.82) is 0 Å². The maximum absolute atomic E-state index is 12.9. The highest BCUT2D eigenvalue weighted by molar-refractivity contribution is 5.76. The van der Waals surface area contributed by atoms with Crippen molar-refractivity contribution in [3.05, 3.63) is 36.5 Å². The van der Waals surface area contributed by atoms with Crippen LogP contribution in [-0.4, -0.2) is 87.5 Å². The number of nitrogens with one attached hydrogen (secondary N) is 1. The van der Waals surface area contributed by atoms with Crippen molar-refractivity contribution in [3.63, 3.8) is 0 Å². The third-order valence-corrected chi connectivity index (χ3v) is 10.7. The normalized spacial score (nSPS) is 21.6. The van der Waals surface area contributed by atoms with Crippen LogP contribution in [-0.2, 0) is 14.3 Å². The number of aliphatic hydroxyl groups excluding tert-OH is 5. The van der Waals surface area contributed by atoms with E-state index in [4.69, 9.17) is 9.47 Å². The highest BCUT2D eigenvalue weighted by atomic mass is 16.7. The van der Waals surface area contributed by atoms with Crippen LogP contribution in [0.2, 0.25) is 0 Å². The molecule has 1 aliphatic rings. The fourth-order valence-corrected chi connectivity index (χ4v) is 7.01. The van der Waals surface area contributed by atoms with Gasteiger partial charge in [-0.3, -0.25) is 4.79 Å². The third kappa shape index (κ3) is 27.6. The van der Waals surface area contributed by atoms with Gasteiger partial charge in [0.15, 0.2) is 6.29 Å². The van der Waals surface area contributed by atoms with Gasteiger partial charge in [-0.2, -0.15) is 0 Å². The first kappa shape index (κ1) is 51.4. The molecule has 7 atom stereocenters. The van der Waals surface area contributed by atoms with Crippen LogP contribution in [0.5, 0.6) is 0 Å². The van der Waals surface area contributed by atoms with Crippen molar-refractivity contribution < 1.29 is 39.8 Å². The summed E-state index contributed by atoms with van der Waals surface area (Å²) in [7, 11) is 0. The zero-order valence-corrected chi connectivity index (χ0v) is 35.2. The van der Waals surface area contributed by atoms with Crippen LogP contribution < -0.4 is 5.32 Å². The summed E-state index contributed by atoms with van der Waals surface area (Å²) >= 11 is 0. The lowest BCUT2D eigenvalue weighted by atomic mass is 9.99. The number of aliphatic hydroxyl groups is 5. The minimum Gasteiger partial charge on any atom is -0.394 e. The molecule has 0 saturated carbocycles. The smallest absolute Gasteiger partial charge is 0.220 e. The molecule has 6 N–H and O–H groups in total. The number of carbonyl (C=O) groups is 1. The van der Waals surface area contributed by atoms with Gasteiger partial charge >= 0.3 is 0 Å². The molecule has 55 heavy (non-hydrogen) atoms. The molecule has 1 rings (SSSR count). The molecule has 9 heteroatoms. The Morgan fingerprint density at radius 1 is 0.618 bits per heavy atom. The molecule has 0 aromatic rings. The van der Waals surface area contributed by atoms with Crippen LogP contribution in [0.3, 0.4) is 0 Å². The second-order valence-electron chi connectivity index (χ2n) is 15.8. The molecule has 0 aromatic heterocycles. The maximum Gasteiger partial charge on any atom is 0.220 e. The van der Waals surface area contributed by atoms with E-state index in [0.29, 0.717) is 6.42 Å². The lowest BCUT2D eigenvalue weighted by molar-refractivity contribution is -0.302. The van der Waals surface area contributed by atoms with E-state index in [2.05, 4.69) is 43.5 Å². The predicted octanol–water partition coefficient (Wildman–Crippen LogP) is 9.28. The van der Waals surface area contributed by atoms with Crippen molar-refractivity contribution in [2.24, 2.45) is 0 Å². The van der Waals surface area contributed by atoms with Gasteiger partial charge in [-0.15, -0.1) is 0 Å². The van der Waals surface area contributed by atoms with Crippen LogP contribution in [0.4, 0.5) is 0 Å². The molecule has 2 unspecified atom stereocenters. The number of ether oxygens (including phenoxy) is 2. The Bertz CT molecular complexity index is 956. The molecule has 0 aliphatic carbocycles. The standard InChI is InChI=1S/C46H85NO8/c1-3-5-7-9-11-13-15-17-19-20-22-23-25-27-29-31-33-35-40(49)39(38-54-46-45(53)44(52)43(51)41(37-48)55-46)47-42(50)36-34-32-30-28-26-24-21-18-16-14-12-10-8-6-4-2/h12,14,18,21,33,35,39-41,43-46,48-49,51-53H,3-11,13,15-17,19-20,22-32,34,36-38H2,1-2H3,(H,47,50)/b14-12+,21-18+,35-33+/t39-,40+,41+,43+,44?,45?,46+/m0/s1. The maximum atomic E-state index is 12.9. The van der Waals surface area contributed by atoms with Crippen molar-refractivity contribution in [2.45, 2.75) is 236 Å². The van der Waals surface area contributed by atoms with Crippen LogP contribution in [0, 0.1) is 0 Å². The number of hydrogen-bond donors (Lipinski definition) is 6. The summed E-state index contributed by atoms with van der Waals surface area (Å²) in [6, 6.07) is -0.810. The van der Waals surface area contributed by atoms with E-state index in [0.717, 1.165) is 64.2 Å². The first-order valence-electron chi connectivity index (χ1n) is 22.7. The van der Waals surface area contributed by atoms with Crippen LogP contribution in [0.15, 0.2) is 36.5 Å². The van der Waals surface area contributed by atoms with Gasteiger partial charge in [-0.05, 0) is 51.4 Å². The van der Waals surface area contributed by atoms with Crippen LogP contribution in [0.25, 0.3) is 0 Å². The van der Waals surface area contributed by atoms with E-state index in [-0.39, 0.29) is 12.5 Å². The minimum absolute atomic E-state index is 0.192. The molecule has 1 saturated heterocycles. The summed E-state index contributed by atoms with van der Waals surface area (Å²) in [5, 5.41) is 54.1. The fraction of sp³-hybridized carbons (Fsp3) is 0.848. The number of unbranched alkanes of at least 4 members (excludes halogenated alkanes) is 23. The van der Waals surface area contributed by atoms with E-state index in [1.165, 1.54) is 109 Å². The third-order valence-electron chi connectivity index (χ3n) is 10.7. The molecule has 1 fully saturated rings. The fourth-order valence-electron chi connectivity index (χ4n) is 7.01. The van der Waals surface area contributed by atoms with Gasteiger partial charge in [0.1, 0.15) is 24.4 Å². The van der Waals surface area contributed by atoms with E-state index >= 15 is 0 Å². The predicted molar refractivity (Wildman–Crippen MR) is 226 cm³/mol. The first-order valence-corrected chi connectivity index (χ1v) is 22.7. The molecule has 0 aromatic carbocycles. The molecule has 0 radical (unpaired) electrons. The topological polar surface area (TPSA) is 149 Å². The largest absolute Gasteiger partial charge is 0.394 e. The Hall–Kier alpha value is -1.59. The zero-order chi connectivity index (χ0) is 40.2. The highest BCUT2D eigenvalue weighted by Gasteiger charge is 2.44. The number of allylic oxidation sites excluding steroid dienone is 5. The summed E-state index contributed by atoms with van der Waals surface area (Å²) in [6.45, 7) is 3.73. The van der Waals surface area contributed by atoms with Gasteiger partial charge in [-0.25, -0.2) is 0 Å². The second kappa shape index (κ2) is 36.7. The SMILES string of the molecule is CCCCC/C=C/C/C=C/CCCCCCCC(=O)N[C@@H](CO[C@@H]1O[C@H](CO)[C@@H](O)C(O)C1O)[C@H](O)/C=C/CCCCCCCCCCCCCCCCC. The monoisotopic (exact) mass is 780 g/mol. The number of rotatable bonds is 37. The van der Waals surface area contributed by atoms with Gasteiger partial charge in [0.05, 0.1) is 25.4 Å². The molecule has 1 heterocycles. The minimum atomic E-state index is -1.57. The lowest BCUT2D eigenvalue weighted by Gasteiger charge is -2.40. The number of carbonyl (C=O) groups excluding carboxylic acids is 1. The Morgan fingerprint density at radius 2 is 1.07 bits per heavy atom. The van der Waals surface area contributed by atoms with Gasteiger partial charge in [-0.1, -0.05) is 172 Å². The van der Waals surface area contributed by atoms with Crippen molar-refractivity contribution in [2.75, 3.05) is 13.2 Å². The molecule has 1 amide bonds. The number of amides is 1. The Balaban J connectivity index is 2.39. The van der Waals surface area contributed by atoms with E-state index in [1.807, 2.05) is 6.08 Å². The van der Waals surface area contributed by atoms with Gasteiger partial charge in [0.2, 0.25) is 5.91 Å². The highest BCUT2D eigenvalue weighted by Crippen LogP contribution is 2.22. The van der Waals surface area contributed by atoms with Crippen molar-refractivity contribution >= 4 is 5.91 Å². The second-order valence-corrected chi connectivity index (χ2v) is 15.8. The van der Waals surface area contributed by atoms with Crippen LogP contribution in [0.1, 0.15) is 194 Å². The summed E-state index contributed by atoms with van der Waals surface area (Å²) in [4.78, 5) is 12.9. The molecule has 1 aliphatic heterocycles. The van der Waals surface area contributed by atoms with Gasteiger partial charge in [0, 0.05) is 6.42 Å². The molecule has 9 nitrogen and oxygen atoms in total. The molecular formula is C46H85NO8. The summed E-state index contributed by atoms with van der Waals surface area (Å²) in [6.07, 6.45) is 37.5. The van der Waals surface area contributed by atoms with Gasteiger partial charge in [0.25, 0.3) is 0 Å². The van der Waals surface area contributed by atoms with Crippen molar-refractivity contribution in [1.82, 2.24) is 5.32 Å². The van der Waals surface area contributed by atoms with Gasteiger partial charge < -0.3 is 40.3 Å². The summed E-state index contributed by atoms with van der Waals surface area (Å²) < 4.78 is 11.2. The summed E-state index contributed by atoms with van der Waals surface area (Å²) in [5.41, 5.74) is 0.